The molecule has 0 bridgehead atoms. The SMILES string of the molecule is COc1ccc(/C=C2\C=[N+](c3ccccc3)N(C3C(=O)N(c4ccccc4)N(C)C3C)C2=O)cc1. The van der Waals surface area contributed by atoms with E-state index in [0.29, 0.717) is 5.57 Å². The van der Waals surface area contributed by atoms with Crippen LogP contribution in [0.2, 0.25) is 0 Å². The molecule has 2 atom stereocenters. The minimum Gasteiger partial charge on any atom is -0.497 e. The molecular formula is C28H27N4O3+. The third kappa shape index (κ3) is 4.00. The lowest BCUT2D eigenvalue weighted by Gasteiger charge is -2.26. The van der Waals surface area contributed by atoms with Gasteiger partial charge in [0.2, 0.25) is 11.9 Å². The first-order chi connectivity index (χ1) is 17.0. The maximum atomic E-state index is 13.8. The number of amides is 2. The first kappa shape index (κ1) is 22.6. The van der Waals surface area contributed by atoms with E-state index in [-0.39, 0.29) is 17.9 Å². The molecule has 2 aliphatic heterocycles. The fraction of sp³-hybridized carbons (Fsp3) is 0.179. The summed E-state index contributed by atoms with van der Waals surface area (Å²) in [4.78, 5) is 27.6. The second-order valence-corrected chi connectivity index (χ2v) is 8.58. The Morgan fingerprint density at radius 3 is 2.14 bits per heavy atom. The largest absolute Gasteiger partial charge is 0.497 e. The quantitative estimate of drug-likeness (QED) is 0.422. The number of rotatable bonds is 5. The van der Waals surface area contributed by atoms with Gasteiger partial charge in [0.15, 0.2) is 6.04 Å². The zero-order chi connectivity index (χ0) is 24.5. The van der Waals surface area contributed by atoms with E-state index in [1.807, 2.05) is 110 Å². The van der Waals surface area contributed by atoms with Crippen molar-refractivity contribution in [3.8, 4) is 5.75 Å². The van der Waals surface area contributed by atoms with E-state index in [2.05, 4.69) is 0 Å². The van der Waals surface area contributed by atoms with Crippen LogP contribution >= 0.6 is 0 Å². The van der Waals surface area contributed by atoms with Crippen LogP contribution in [0, 0.1) is 0 Å². The van der Waals surface area contributed by atoms with Gasteiger partial charge >= 0.3 is 5.91 Å². The molecule has 35 heavy (non-hydrogen) atoms. The Morgan fingerprint density at radius 1 is 0.886 bits per heavy atom. The number of para-hydroxylation sites is 2. The van der Waals surface area contributed by atoms with E-state index >= 15 is 0 Å². The van der Waals surface area contributed by atoms with E-state index in [0.717, 1.165) is 22.7 Å². The average Bonchev–Trinajstić information content (AvgIpc) is 3.32. The number of hydrogen-bond donors (Lipinski definition) is 0. The van der Waals surface area contributed by atoms with Crippen LogP contribution in [0.3, 0.4) is 0 Å². The van der Waals surface area contributed by atoms with Gasteiger partial charge in [0.05, 0.1) is 18.8 Å². The molecule has 0 spiro atoms. The normalized spacial score (nSPS) is 21.7. The van der Waals surface area contributed by atoms with Gasteiger partial charge in [0.25, 0.3) is 5.91 Å². The lowest BCUT2D eigenvalue weighted by molar-refractivity contribution is -0.598. The van der Waals surface area contributed by atoms with E-state index in [1.54, 1.807) is 28.0 Å². The molecule has 0 N–H and O–H groups in total. The number of methoxy groups -OCH3 is 1. The third-order valence-corrected chi connectivity index (χ3v) is 6.50. The van der Waals surface area contributed by atoms with Gasteiger partial charge in [-0.2, -0.15) is 0 Å². The molecule has 0 aliphatic carbocycles. The molecule has 2 amide bonds. The van der Waals surface area contributed by atoms with Crippen molar-refractivity contribution in [2.24, 2.45) is 0 Å². The Kier molecular flexibility index (Phi) is 5.93. The van der Waals surface area contributed by atoms with Crippen LogP contribution in [0.25, 0.3) is 6.08 Å². The molecule has 176 valence electrons. The molecule has 5 rings (SSSR count). The Morgan fingerprint density at radius 2 is 1.51 bits per heavy atom. The van der Waals surface area contributed by atoms with Crippen molar-refractivity contribution in [3.63, 3.8) is 0 Å². The number of carbonyl (C=O) groups excluding carboxylic acids is 2. The lowest BCUT2D eigenvalue weighted by Crippen LogP contribution is -2.50. The minimum absolute atomic E-state index is 0.153. The zero-order valence-electron chi connectivity index (χ0n) is 19.9. The Labute approximate surface area is 204 Å². The van der Waals surface area contributed by atoms with Gasteiger partial charge in [-0.1, -0.05) is 58.2 Å². The molecule has 2 heterocycles. The van der Waals surface area contributed by atoms with E-state index in [1.165, 1.54) is 0 Å². The molecule has 7 nitrogen and oxygen atoms in total. The number of nitrogens with zero attached hydrogens (tertiary/aromatic N) is 4. The number of ether oxygens (including phenoxy) is 1. The topological polar surface area (TPSA) is 56.1 Å². The number of carbonyl (C=O) groups is 2. The van der Waals surface area contributed by atoms with Crippen LogP contribution in [-0.4, -0.2) is 59.0 Å². The number of hydrazone groups is 1. The van der Waals surface area contributed by atoms with E-state index in [4.69, 9.17) is 4.74 Å². The average molecular weight is 468 g/mol. The van der Waals surface area contributed by atoms with Gasteiger partial charge in [-0.25, -0.2) is 10.0 Å². The first-order valence-corrected chi connectivity index (χ1v) is 11.5. The third-order valence-electron chi connectivity index (χ3n) is 6.50. The second-order valence-electron chi connectivity index (χ2n) is 8.58. The second kappa shape index (κ2) is 9.19. The molecule has 2 unspecified atom stereocenters. The summed E-state index contributed by atoms with van der Waals surface area (Å²) in [5.41, 5.74) is 2.94. The summed E-state index contributed by atoms with van der Waals surface area (Å²) < 4.78 is 7.03. The van der Waals surface area contributed by atoms with Gasteiger partial charge < -0.3 is 4.74 Å². The Bertz CT molecular complexity index is 1300. The van der Waals surface area contributed by atoms with Gasteiger partial charge in [-0.05, 0) is 42.8 Å². The van der Waals surface area contributed by atoms with Crippen molar-refractivity contribution >= 4 is 35.5 Å². The molecule has 0 aromatic heterocycles. The highest BCUT2D eigenvalue weighted by Crippen LogP contribution is 2.33. The molecule has 0 saturated carbocycles. The number of likely N-dealkylation sites (N-methyl/N-ethyl adjacent to an activating group) is 1. The Hall–Kier alpha value is -4.23. The van der Waals surface area contributed by atoms with Crippen LogP contribution in [0.4, 0.5) is 11.4 Å². The molecule has 3 aromatic rings. The van der Waals surface area contributed by atoms with Crippen molar-refractivity contribution in [1.82, 2.24) is 10.0 Å². The highest BCUT2D eigenvalue weighted by atomic mass is 16.5. The number of hydrogen-bond acceptors (Lipinski definition) is 4. The van der Waals surface area contributed by atoms with Crippen LogP contribution in [0.1, 0.15) is 12.5 Å². The van der Waals surface area contributed by atoms with Crippen LogP contribution in [0.5, 0.6) is 5.75 Å². The molecule has 0 radical (unpaired) electrons. The van der Waals surface area contributed by atoms with Gasteiger partial charge in [0.1, 0.15) is 11.3 Å². The predicted octanol–water partition coefficient (Wildman–Crippen LogP) is 3.90. The number of benzene rings is 3. The molecule has 3 aromatic carbocycles. The summed E-state index contributed by atoms with van der Waals surface area (Å²) in [5.74, 6) is 0.369. The van der Waals surface area contributed by atoms with E-state index < -0.39 is 6.04 Å². The summed E-state index contributed by atoms with van der Waals surface area (Å²) in [5, 5.41) is 5.12. The summed E-state index contributed by atoms with van der Waals surface area (Å²) in [6.45, 7) is 1.97. The van der Waals surface area contributed by atoms with Gasteiger partial charge in [-0.3, -0.25) is 9.59 Å². The van der Waals surface area contributed by atoms with Crippen molar-refractivity contribution in [3.05, 3.63) is 96.1 Å². The maximum Gasteiger partial charge on any atom is 0.315 e. The smallest absolute Gasteiger partial charge is 0.315 e. The van der Waals surface area contributed by atoms with Crippen molar-refractivity contribution in [2.45, 2.75) is 19.0 Å². The minimum atomic E-state index is -0.703. The van der Waals surface area contributed by atoms with Crippen LogP contribution < -0.4 is 9.75 Å². The molecule has 1 saturated heterocycles. The lowest BCUT2D eigenvalue weighted by atomic mass is 10.1. The van der Waals surface area contributed by atoms with E-state index in [9.17, 15) is 9.59 Å². The van der Waals surface area contributed by atoms with Crippen molar-refractivity contribution < 1.29 is 19.0 Å². The van der Waals surface area contributed by atoms with Crippen LogP contribution in [0.15, 0.2) is 90.5 Å². The fourth-order valence-electron chi connectivity index (χ4n) is 4.56. The first-order valence-electron chi connectivity index (χ1n) is 11.5. The van der Waals surface area contributed by atoms with Gasteiger partial charge in [-0.15, -0.1) is 0 Å². The maximum absolute atomic E-state index is 13.8. The number of hydrazine groups is 2. The highest BCUT2D eigenvalue weighted by Gasteiger charge is 2.55. The standard InChI is InChI=1S/C28H27N4O3/c1-20-26(28(34)31(29(20)2)24-12-8-5-9-13-24)32-27(33)22(18-21-14-16-25(35-3)17-15-21)19-30(32)23-10-6-4-7-11-23/h4-20,26H,1-3H3/q+1/b22-18+. The molecule has 2 aliphatic rings. The molecule has 1 fully saturated rings. The highest BCUT2D eigenvalue weighted by molar-refractivity contribution is 6.18. The molecular weight excluding hydrogens is 440 g/mol. The monoisotopic (exact) mass is 467 g/mol. The number of anilines is 1. The summed E-state index contributed by atoms with van der Waals surface area (Å²) in [7, 11) is 3.49. The van der Waals surface area contributed by atoms with Gasteiger partial charge in [0, 0.05) is 19.2 Å². The Balaban J connectivity index is 1.56. The fourth-order valence-corrected chi connectivity index (χ4v) is 4.56. The summed E-state index contributed by atoms with van der Waals surface area (Å²) in [6, 6.07) is 25.7. The van der Waals surface area contributed by atoms with Crippen molar-refractivity contribution in [1.29, 1.82) is 0 Å². The summed E-state index contributed by atoms with van der Waals surface area (Å²) in [6.07, 6.45) is 3.63. The zero-order valence-corrected chi connectivity index (χ0v) is 19.9. The molecule has 7 heteroatoms. The predicted molar refractivity (Wildman–Crippen MR) is 135 cm³/mol. The van der Waals surface area contributed by atoms with Crippen molar-refractivity contribution in [2.75, 3.05) is 19.2 Å². The van der Waals surface area contributed by atoms with Crippen LogP contribution in [-0.2, 0) is 9.59 Å². The summed E-state index contributed by atoms with van der Waals surface area (Å²) >= 11 is 0.